The number of aromatic nitrogens is 2. The van der Waals surface area contributed by atoms with Crippen LogP contribution in [0.4, 0.5) is 0 Å². The zero-order chi connectivity index (χ0) is 11.4. The molecular weight excluding hydrogens is 204 g/mol. The smallest absolute Gasteiger partial charge is 0.266 e. The number of hydrogen-bond donors (Lipinski definition) is 1. The number of aryl methyl sites for hydroxylation is 1. The molecule has 0 amide bonds. The summed E-state index contributed by atoms with van der Waals surface area (Å²) in [5, 5.41) is 2.91. The van der Waals surface area contributed by atoms with Crippen LogP contribution in [-0.2, 0) is 25.0 Å². The molecule has 0 unspecified atom stereocenters. The summed E-state index contributed by atoms with van der Waals surface area (Å²) in [4.78, 5) is 11.1. The van der Waals surface area contributed by atoms with Gasteiger partial charge < -0.3 is 4.74 Å². The summed E-state index contributed by atoms with van der Waals surface area (Å²) in [6.45, 7) is 0.975. The number of aromatic amines is 1. The van der Waals surface area contributed by atoms with E-state index < -0.39 is 0 Å². The molecule has 16 heavy (non-hydrogen) atoms. The zero-order valence-electron chi connectivity index (χ0n) is 9.14. The molecule has 4 nitrogen and oxygen atoms in total. The minimum absolute atomic E-state index is 0.0432. The second kappa shape index (κ2) is 4.81. The first kappa shape index (κ1) is 10.7. The molecule has 1 heterocycles. The van der Waals surface area contributed by atoms with Crippen LogP contribution in [0.15, 0.2) is 41.2 Å². The van der Waals surface area contributed by atoms with Crippen molar-refractivity contribution in [3.8, 4) is 0 Å². The highest BCUT2D eigenvalue weighted by Crippen LogP contribution is 2.02. The Balaban J connectivity index is 1.87. The fourth-order valence-electron chi connectivity index (χ4n) is 1.48. The van der Waals surface area contributed by atoms with Crippen molar-refractivity contribution in [3.63, 3.8) is 0 Å². The van der Waals surface area contributed by atoms with Crippen molar-refractivity contribution in [3.05, 3.63) is 58.0 Å². The number of nitrogens with zero attached hydrogens (tertiary/aromatic N) is 1. The first-order chi connectivity index (χ1) is 7.75. The number of H-pyrrole nitrogens is 1. The monoisotopic (exact) mass is 218 g/mol. The van der Waals surface area contributed by atoms with Crippen molar-refractivity contribution in [2.45, 2.75) is 13.2 Å². The first-order valence-corrected chi connectivity index (χ1v) is 5.12. The molecule has 2 rings (SSSR count). The Hall–Kier alpha value is -1.81. The summed E-state index contributed by atoms with van der Waals surface area (Å²) in [6, 6.07) is 11.5. The van der Waals surface area contributed by atoms with E-state index in [9.17, 15) is 4.79 Å². The van der Waals surface area contributed by atoms with Crippen molar-refractivity contribution in [2.24, 2.45) is 7.05 Å². The van der Waals surface area contributed by atoms with Gasteiger partial charge in [0.25, 0.3) is 5.56 Å². The SMILES string of the molecule is Cn1[nH]c(COCc2ccccc2)cc1=O. The summed E-state index contributed by atoms with van der Waals surface area (Å²) in [7, 11) is 1.68. The number of ether oxygens (including phenoxy) is 1. The second-order valence-electron chi connectivity index (χ2n) is 3.66. The molecule has 1 aromatic heterocycles. The Kier molecular flexibility index (Phi) is 3.22. The van der Waals surface area contributed by atoms with E-state index in [1.54, 1.807) is 13.1 Å². The van der Waals surface area contributed by atoms with Crippen molar-refractivity contribution in [1.29, 1.82) is 0 Å². The maximum absolute atomic E-state index is 11.1. The molecule has 0 saturated heterocycles. The van der Waals surface area contributed by atoms with E-state index in [2.05, 4.69) is 5.10 Å². The van der Waals surface area contributed by atoms with Crippen molar-refractivity contribution < 1.29 is 4.74 Å². The van der Waals surface area contributed by atoms with Crippen LogP contribution in [-0.4, -0.2) is 9.78 Å². The van der Waals surface area contributed by atoms with Gasteiger partial charge in [-0.25, -0.2) is 0 Å². The van der Waals surface area contributed by atoms with Crippen LogP contribution in [0.5, 0.6) is 0 Å². The molecule has 0 spiro atoms. The third kappa shape index (κ3) is 2.61. The van der Waals surface area contributed by atoms with Crippen LogP contribution in [0.25, 0.3) is 0 Å². The highest BCUT2D eigenvalue weighted by Gasteiger charge is 1.99. The Morgan fingerprint density at radius 3 is 2.62 bits per heavy atom. The van der Waals surface area contributed by atoms with Gasteiger partial charge in [0, 0.05) is 13.1 Å². The van der Waals surface area contributed by atoms with Crippen molar-refractivity contribution >= 4 is 0 Å². The van der Waals surface area contributed by atoms with Crippen LogP contribution < -0.4 is 5.56 Å². The molecule has 0 aliphatic rings. The van der Waals surface area contributed by atoms with E-state index in [0.29, 0.717) is 13.2 Å². The lowest BCUT2D eigenvalue weighted by Crippen LogP contribution is -2.09. The van der Waals surface area contributed by atoms with E-state index in [0.717, 1.165) is 11.3 Å². The topological polar surface area (TPSA) is 47.0 Å². The van der Waals surface area contributed by atoms with Crippen molar-refractivity contribution in [1.82, 2.24) is 9.78 Å². The van der Waals surface area contributed by atoms with Crippen LogP contribution in [0, 0.1) is 0 Å². The summed E-state index contributed by atoms with van der Waals surface area (Å²) >= 11 is 0. The zero-order valence-corrected chi connectivity index (χ0v) is 9.14. The lowest BCUT2D eigenvalue weighted by Gasteiger charge is -2.02. The standard InChI is InChI=1S/C12H14N2O2/c1-14-12(15)7-11(13-14)9-16-8-10-5-3-2-4-6-10/h2-7,13H,8-9H2,1H3. The lowest BCUT2D eigenvalue weighted by molar-refractivity contribution is 0.104. The fourth-order valence-corrected chi connectivity index (χ4v) is 1.48. The molecule has 2 aromatic rings. The van der Waals surface area contributed by atoms with Crippen LogP contribution >= 0.6 is 0 Å². The molecule has 0 aliphatic heterocycles. The van der Waals surface area contributed by atoms with Gasteiger partial charge in [0.15, 0.2) is 0 Å². The molecule has 0 atom stereocenters. The molecule has 84 valence electrons. The summed E-state index contributed by atoms with van der Waals surface area (Å²) in [5.41, 5.74) is 1.88. The minimum Gasteiger partial charge on any atom is -0.371 e. The van der Waals surface area contributed by atoms with E-state index in [4.69, 9.17) is 4.74 Å². The Bertz CT molecular complexity index is 499. The summed E-state index contributed by atoms with van der Waals surface area (Å²) < 4.78 is 6.92. The van der Waals surface area contributed by atoms with Crippen LogP contribution in [0.3, 0.4) is 0 Å². The first-order valence-electron chi connectivity index (χ1n) is 5.12. The number of rotatable bonds is 4. The number of benzene rings is 1. The van der Waals surface area contributed by atoms with Gasteiger partial charge in [-0.15, -0.1) is 0 Å². The van der Waals surface area contributed by atoms with E-state index in [1.165, 1.54) is 4.68 Å². The maximum atomic E-state index is 11.1. The van der Waals surface area contributed by atoms with Crippen LogP contribution in [0.2, 0.25) is 0 Å². The molecule has 0 bridgehead atoms. The summed E-state index contributed by atoms with van der Waals surface area (Å²) in [6.07, 6.45) is 0. The van der Waals surface area contributed by atoms with Gasteiger partial charge in [-0.05, 0) is 5.56 Å². The van der Waals surface area contributed by atoms with Gasteiger partial charge in [0.1, 0.15) is 0 Å². The highest BCUT2D eigenvalue weighted by atomic mass is 16.5. The third-order valence-corrected chi connectivity index (χ3v) is 2.31. The molecule has 0 saturated carbocycles. The van der Waals surface area contributed by atoms with Crippen LogP contribution in [0.1, 0.15) is 11.3 Å². The minimum atomic E-state index is -0.0432. The quantitative estimate of drug-likeness (QED) is 0.843. The average molecular weight is 218 g/mol. The van der Waals surface area contributed by atoms with E-state index in [-0.39, 0.29) is 5.56 Å². The van der Waals surface area contributed by atoms with E-state index in [1.807, 2.05) is 30.3 Å². The Labute approximate surface area is 93.5 Å². The normalized spacial score (nSPS) is 10.6. The lowest BCUT2D eigenvalue weighted by atomic mass is 10.2. The van der Waals surface area contributed by atoms with Gasteiger partial charge in [-0.1, -0.05) is 30.3 Å². The van der Waals surface area contributed by atoms with Gasteiger partial charge in [-0.2, -0.15) is 0 Å². The molecule has 1 aromatic carbocycles. The molecule has 4 heteroatoms. The number of nitrogens with one attached hydrogen (secondary N) is 1. The Morgan fingerprint density at radius 2 is 2.00 bits per heavy atom. The predicted molar refractivity (Wildman–Crippen MR) is 61.0 cm³/mol. The maximum Gasteiger partial charge on any atom is 0.266 e. The fraction of sp³-hybridized carbons (Fsp3) is 0.250. The molecule has 0 fully saturated rings. The largest absolute Gasteiger partial charge is 0.371 e. The van der Waals surface area contributed by atoms with Gasteiger partial charge >= 0.3 is 0 Å². The summed E-state index contributed by atoms with van der Waals surface area (Å²) in [5.74, 6) is 0. The predicted octanol–water partition coefficient (Wildman–Crippen LogP) is 1.43. The van der Waals surface area contributed by atoms with Gasteiger partial charge in [0.2, 0.25) is 0 Å². The molecular formula is C12H14N2O2. The van der Waals surface area contributed by atoms with Gasteiger partial charge in [0.05, 0.1) is 18.9 Å². The molecule has 1 N–H and O–H groups in total. The number of hydrogen-bond acceptors (Lipinski definition) is 2. The molecule has 0 aliphatic carbocycles. The Morgan fingerprint density at radius 1 is 1.25 bits per heavy atom. The third-order valence-electron chi connectivity index (χ3n) is 2.31. The van der Waals surface area contributed by atoms with Crippen molar-refractivity contribution in [2.75, 3.05) is 0 Å². The average Bonchev–Trinajstić information content (AvgIpc) is 2.60. The van der Waals surface area contributed by atoms with Gasteiger partial charge in [-0.3, -0.25) is 14.6 Å². The molecule has 0 radical (unpaired) electrons. The van der Waals surface area contributed by atoms with E-state index >= 15 is 0 Å². The second-order valence-corrected chi connectivity index (χ2v) is 3.66. The highest BCUT2D eigenvalue weighted by molar-refractivity contribution is 5.13.